The summed E-state index contributed by atoms with van der Waals surface area (Å²) >= 11 is 24.4. The van der Waals surface area contributed by atoms with Crippen LogP contribution >= 0.6 is 47.6 Å². The van der Waals surface area contributed by atoms with E-state index in [1.807, 2.05) is 24.3 Å². The molecule has 0 amide bonds. The highest BCUT2D eigenvalue weighted by Crippen LogP contribution is 2.45. The van der Waals surface area contributed by atoms with Crippen LogP contribution in [-0.4, -0.2) is 22.3 Å². The Labute approximate surface area is 240 Å². The van der Waals surface area contributed by atoms with Crippen molar-refractivity contribution in [3.8, 4) is 0 Å². The van der Waals surface area contributed by atoms with Gasteiger partial charge in [0.1, 0.15) is 0 Å². The van der Waals surface area contributed by atoms with E-state index in [1.165, 1.54) is 51.4 Å². The number of hydrogen-bond donors (Lipinski definition) is 4. The van der Waals surface area contributed by atoms with Gasteiger partial charge < -0.3 is 21.3 Å². The molecule has 196 valence electrons. The quantitative estimate of drug-likeness (QED) is 0.268. The highest BCUT2D eigenvalue weighted by atomic mass is 35.5. The number of benzene rings is 2. The molecule has 4 saturated carbocycles. The topological polar surface area (TPSA) is 48.1 Å². The van der Waals surface area contributed by atoms with Crippen LogP contribution in [0.4, 0.5) is 11.4 Å². The lowest BCUT2D eigenvalue weighted by molar-refractivity contribution is 0.392. The van der Waals surface area contributed by atoms with Crippen LogP contribution in [0.2, 0.25) is 10.0 Å². The van der Waals surface area contributed by atoms with E-state index in [2.05, 4.69) is 33.4 Å². The van der Waals surface area contributed by atoms with Crippen molar-refractivity contribution in [2.24, 2.45) is 23.7 Å². The molecule has 6 atom stereocenters. The van der Waals surface area contributed by atoms with Gasteiger partial charge in [-0.1, -0.05) is 48.2 Å². The van der Waals surface area contributed by atoms with E-state index in [1.54, 1.807) is 0 Å². The van der Waals surface area contributed by atoms with Gasteiger partial charge in [-0.2, -0.15) is 0 Å². The average Bonchev–Trinajstić information content (AvgIpc) is 3.65. The van der Waals surface area contributed by atoms with E-state index in [4.69, 9.17) is 47.6 Å². The fourth-order valence-electron chi connectivity index (χ4n) is 7.27. The van der Waals surface area contributed by atoms with Crippen LogP contribution in [0.5, 0.6) is 0 Å². The molecule has 37 heavy (non-hydrogen) atoms. The lowest BCUT2D eigenvalue weighted by Gasteiger charge is -2.25. The lowest BCUT2D eigenvalue weighted by atomic mass is 9.95. The molecule has 0 aliphatic heterocycles. The summed E-state index contributed by atoms with van der Waals surface area (Å²) in [7, 11) is 0. The molecular weight excluding hydrogens is 539 g/mol. The van der Waals surface area contributed by atoms with Crippen molar-refractivity contribution in [3.63, 3.8) is 0 Å². The standard InChI is InChI=1S/C29H34Cl2N4S2/c30-22-12-16(3-7-24(22)32-28(36)34-26-14-18-1-5-20(26)10-18)9-17-4-8-25(23(31)13-17)33-29(37)35-27-15-19-2-6-21(27)11-19/h3-4,7-8,12-13,18-21,26-27H,1-2,5-6,9-11,14-15H2,(H2,32,34,36)(H2,33,35,37)/t18-,19-,20-,21-,26-,27+/m0/s1. The van der Waals surface area contributed by atoms with E-state index >= 15 is 0 Å². The van der Waals surface area contributed by atoms with Gasteiger partial charge in [-0.15, -0.1) is 0 Å². The Hall–Kier alpha value is -1.60. The number of anilines is 2. The van der Waals surface area contributed by atoms with Gasteiger partial charge in [-0.3, -0.25) is 0 Å². The van der Waals surface area contributed by atoms with Gasteiger partial charge in [-0.05, 0) is 128 Å². The first-order valence-corrected chi connectivity index (χ1v) is 15.2. The molecule has 0 heterocycles. The first kappa shape index (κ1) is 25.7. The Balaban J connectivity index is 1.02. The fraction of sp³-hybridized carbons (Fsp3) is 0.517. The first-order valence-electron chi connectivity index (χ1n) is 13.6. The predicted molar refractivity (Wildman–Crippen MR) is 163 cm³/mol. The summed E-state index contributed by atoms with van der Waals surface area (Å²) in [5, 5.41) is 16.3. The van der Waals surface area contributed by atoms with Crippen molar-refractivity contribution in [2.75, 3.05) is 10.6 Å². The molecule has 4 fully saturated rings. The number of fused-ring (bicyclic) bond motifs is 4. The molecule has 4 aliphatic rings. The number of nitrogens with one attached hydrogen (secondary N) is 4. The van der Waals surface area contributed by atoms with E-state index in [0.717, 1.165) is 52.6 Å². The van der Waals surface area contributed by atoms with Crippen LogP contribution in [0.25, 0.3) is 0 Å². The molecule has 4 nitrogen and oxygen atoms in total. The van der Waals surface area contributed by atoms with Crippen LogP contribution in [-0.2, 0) is 6.42 Å². The minimum absolute atomic E-state index is 0.502. The molecule has 0 spiro atoms. The third kappa shape index (κ3) is 5.88. The maximum atomic E-state index is 6.62. The highest BCUT2D eigenvalue weighted by Gasteiger charge is 2.40. The zero-order chi connectivity index (χ0) is 25.5. The molecule has 0 saturated heterocycles. The molecule has 0 aromatic heterocycles. The highest BCUT2D eigenvalue weighted by molar-refractivity contribution is 7.80. The Kier molecular flexibility index (Phi) is 7.54. The molecule has 2 aromatic rings. The lowest BCUT2D eigenvalue weighted by Crippen LogP contribution is -2.40. The molecule has 4 aliphatic carbocycles. The van der Waals surface area contributed by atoms with Crippen molar-refractivity contribution in [2.45, 2.75) is 69.9 Å². The molecule has 6 rings (SSSR count). The van der Waals surface area contributed by atoms with Gasteiger partial charge >= 0.3 is 0 Å². The van der Waals surface area contributed by atoms with Crippen LogP contribution in [0.15, 0.2) is 36.4 Å². The molecule has 0 unspecified atom stereocenters. The molecule has 0 radical (unpaired) electrons. The Bertz CT molecular complexity index is 1110. The molecule has 4 bridgehead atoms. The third-order valence-electron chi connectivity index (χ3n) is 9.08. The summed E-state index contributed by atoms with van der Waals surface area (Å²) in [6.07, 6.45) is 11.3. The van der Waals surface area contributed by atoms with Crippen molar-refractivity contribution in [1.29, 1.82) is 0 Å². The Morgan fingerprint density at radius 3 is 1.49 bits per heavy atom. The monoisotopic (exact) mass is 572 g/mol. The zero-order valence-corrected chi connectivity index (χ0v) is 24.0. The average molecular weight is 574 g/mol. The minimum Gasteiger partial charge on any atom is -0.359 e. The summed E-state index contributed by atoms with van der Waals surface area (Å²) < 4.78 is 0. The van der Waals surface area contributed by atoms with Crippen LogP contribution in [0, 0.1) is 23.7 Å². The summed E-state index contributed by atoms with van der Waals surface area (Å²) in [4.78, 5) is 0. The molecule has 2 aromatic carbocycles. The maximum absolute atomic E-state index is 6.62. The summed E-state index contributed by atoms with van der Waals surface area (Å²) in [6.45, 7) is 0. The number of rotatable bonds is 6. The normalized spacial score (nSPS) is 29.4. The maximum Gasteiger partial charge on any atom is 0.171 e. The van der Waals surface area contributed by atoms with Gasteiger partial charge in [0.15, 0.2) is 10.2 Å². The summed E-state index contributed by atoms with van der Waals surface area (Å²) in [5.74, 6) is 3.30. The van der Waals surface area contributed by atoms with Crippen molar-refractivity contribution >= 4 is 69.2 Å². The predicted octanol–water partition coefficient (Wildman–Crippen LogP) is 7.53. The summed E-state index contributed by atoms with van der Waals surface area (Å²) in [5.41, 5.74) is 3.90. The van der Waals surface area contributed by atoms with E-state index in [-0.39, 0.29) is 0 Å². The van der Waals surface area contributed by atoms with Crippen molar-refractivity contribution in [1.82, 2.24) is 10.6 Å². The Morgan fingerprint density at radius 1 is 0.676 bits per heavy atom. The molecular formula is C29H34Cl2N4S2. The largest absolute Gasteiger partial charge is 0.359 e. The number of halogens is 2. The second-order valence-corrected chi connectivity index (χ2v) is 13.2. The van der Waals surface area contributed by atoms with E-state index in [0.29, 0.717) is 32.4 Å². The number of thiocarbonyl (C=S) groups is 2. The van der Waals surface area contributed by atoms with Gasteiger partial charge in [-0.25, -0.2) is 0 Å². The smallest absolute Gasteiger partial charge is 0.171 e. The van der Waals surface area contributed by atoms with E-state index in [9.17, 15) is 0 Å². The second-order valence-electron chi connectivity index (χ2n) is 11.6. The van der Waals surface area contributed by atoms with Crippen LogP contribution < -0.4 is 21.3 Å². The van der Waals surface area contributed by atoms with Crippen molar-refractivity contribution in [3.05, 3.63) is 57.6 Å². The number of hydrogen-bond acceptors (Lipinski definition) is 2. The zero-order valence-electron chi connectivity index (χ0n) is 20.9. The van der Waals surface area contributed by atoms with Crippen LogP contribution in [0.1, 0.15) is 62.5 Å². The fourth-order valence-corrected chi connectivity index (χ4v) is 8.30. The van der Waals surface area contributed by atoms with Gasteiger partial charge in [0.25, 0.3) is 0 Å². The molecule has 4 N–H and O–H groups in total. The first-order chi connectivity index (χ1) is 17.9. The van der Waals surface area contributed by atoms with Gasteiger partial charge in [0, 0.05) is 12.1 Å². The summed E-state index contributed by atoms with van der Waals surface area (Å²) in [6, 6.07) is 13.2. The SMILES string of the molecule is S=C(Nc1ccc(Cc2ccc(NC(=S)N[C@@H]3C[C@H]4CC[C@H]3C4)c(Cl)c2)cc1Cl)N[C@H]1C[C@H]2CC[C@H]1C2. The minimum atomic E-state index is 0.502. The second kappa shape index (κ2) is 10.9. The Morgan fingerprint density at radius 2 is 1.14 bits per heavy atom. The molecule has 8 heteroatoms. The van der Waals surface area contributed by atoms with Gasteiger partial charge in [0.05, 0.1) is 21.4 Å². The third-order valence-corrected chi connectivity index (χ3v) is 10.1. The van der Waals surface area contributed by atoms with Crippen LogP contribution in [0.3, 0.4) is 0 Å². The van der Waals surface area contributed by atoms with Gasteiger partial charge in [0.2, 0.25) is 0 Å². The van der Waals surface area contributed by atoms with Crippen molar-refractivity contribution < 1.29 is 0 Å². The van der Waals surface area contributed by atoms with E-state index < -0.39 is 0 Å².